The molecular formula is C19H15N7O. The Morgan fingerprint density at radius 3 is 2.89 bits per heavy atom. The number of methoxy groups -OCH3 is 1. The van der Waals surface area contributed by atoms with Crippen molar-refractivity contribution in [2.24, 2.45) is 0 Å². The van der Waals surface area contributed by atoms with Crippen LogP contribution < -0.4 is 4.74 Å². The van der Waals surface area contributed by atoms with E-state index in [-0.39, 0.29) is 0 Å². The molecule has 1 aromatic carbocycles. The van der Waals surface area contributed by atoms with Gasteiger partial charge < -0.3 is 9.72 Å². The third-order valence-electron chi connectivity index (χ3n) is 4.52. The molecule has 132 valence electrons. The second-order valence-electron chi connectivity index (χ2n) is 6.21. The smallest absolute Gasteiger partial charge is 0.135 e. The second kappa shape index (κ2) is 5.85. The molecule has 0 unspecified atom stereocenters. The number of nitrogens with one attached hydrogen (secondary N) is 1. The van der Waals surface area contributed by atoms with Crippen LogP contribution in [0.3, 0.4) is 0 Å². The van der Waals surface area contributed by atoms with Crippen molar-refractivity contribution in [3.05, 3.63) is 65.5 Å². The van der Waals surface area contributed by atoms with E-state index < -0.39 is 0 Å². The summed E-state index contributed by atoms with van der Waals surface area (Å²) in [7, 11) is 1.65. The van der Waals surface area contributed by atoms with Crippen LogP contribution in [0, 0.1) is 18.8 Å². The summed E-state index contributed by atoms with van der Waals surface area (Å²) in [5, 5.41) is 8.33. The first kappa shape index (κ1) is 15.4. The van der Waals surface area contributed by atoms with Gasteiger partial charge in [0.15, 0.2) is 0 Å². The maximum absolute atomic E-state index is 5.38. The van der Waals surface area contributed by atoms with Gasteiger partial charge in [-0.15, -0.1) is 5.10 Å². The van der Waals surface area contributed by atoms with Crippen LogP contribution in [0.5, 0.6) is 5.75 Å². The number of ether oxygens (including phenoxy) is 1. The molecule has 1 aliphatic heterocycles. The Labute approximate surface area is 154 Å². The van der Waals surface area contributed by atoms with Crippen LogP contribution >= 0.6 is 0 Å². The topological polar surface area (TPSA) is 86.4 Å². The van der Waals surface area contributed by atoms with Crippen LogP contribution in [0.25, 0.3) is 11.4 Å². The molecular weight excluding hydrogens is 342 g/mol. The molecule has 0 saturated heterocycles. The van der Waals surface area contributed by atoms with Gasteiger partial charge >= 0.3 is 0 Å². The minimum absolute atomic E-state index is 0.621. The predicted molar refractivity (Wildman–Crippen MR) is 97.1 cm³/mol. The summed E-state index contributed by atoms with van der Waals surface area (Å²) < 4.78 is 9.26. The lowest BCUT2D eigenvalue weighted by Gasteiger charge is -2.11. The van der Waals surface area contributed by atoms with Crippen molar-refractivity contribution in [2.75, 3.05) is 7.11 Å². The molecule has 4 aromatic rings. The highest BCUT2D eigenvalue weighted by Crippen LogP contribution is 2.30. The third-order valence-corrected chi connectivity index (χ3v) is 4.52. The molecule has 3 aromatic heterocycles. The number of imidazole rings is 2. The van der Waals surface area contributed by atoms with E-state index in [1.807, 2.05) is 34.4 Å². The van der Waals surface area contributed by atoms with Gasteiger partial charge in [0, 0.05) is 12.5 Å². The van der Waals surface area contributed by atoms with E-state index in [0.29, 0.717) is 6.42 Å². The standard InChI is InChI=1S/C19H15N7O/c1-12-20-9-13(23-12)3-5-16-18-7-14-10-22-24-26(14)19-8-15(27-2)4-6-17(19)25(18)11-21-16/h4,6,8-11H,7H2,1-2H3,(H,20,23). The number of hydrogen-bond donors (Lipinski definition) is 1. The summed E-state index contributed by atoms with van der Waals surface area (Å²) in [5.41, 5.74) is 5.28. The molecule has 0 fully saturated rings. The average molecular weight is 357 g/mol. The zero-order chi connectivity index (χ0) is 18.4. The molecule has 5 rings (SSSR count). The van der Waals surface area contributed by atoms with E-state index in [0.717, 1.165) is 45.7 Å². The van der Waals surface area contributed by atoms with Crippen LogP contribution in [0.2, 0.25) is 0 Å². The maximum atomic E-state index is 5.38. The van der Waals surface area contributed by atoms with Gasteiger partial charge in [0.2, 0.25) is 0 Å². The zero-order valence-corrected chi connectivity index (χ0v) is 14.8. The molecule has 1 aliphatic rings. The first-order chi connectivity index (χ1) is 13.2. The molecule has 1 N–H and O–H groups in total. The Kier molecular flexibility index (Phi) is 3.33. The van der Waals surface area contributed by atoms with E-state index in [1.54, 1.807) is 25.8 Å². The van der Waals surface area contributed by atoms with E-state index in [1.165, 1.54) is 0 Å². The van der Waals surface area contributed by atoms with E-state index in [4.69, 9.17) is 4.74 Å². The van der Waals surface area contributed by atoms with Gasteiger partial charge in [-0.25, -0.2) is 14.6 Å². The van der Waals surface area contributed by atoms with Gasteiger partial charge in [-0.3, -0.25) is 4.57 Å². The highest BCUT2D eigenvalue weighted by Gasteiger charge is 2.23. The summed E-state index contributed by atoms with van der Waals surface area (Å²) in [6, 6.07) is 5.86. The molecule has 0 aliphatic carbocycles. The van der Waals surface area contributed by atoms with Crippen molar-refractivity contribution >= 4 is 0 Å². The first-order valence-corrected chi connectivity index (χ1v) is 8.41. The van der Waals surface area contributed by atoms with Crippen molar-refractivity contribution in [1.29, 1.82) is 0 Å². The molecule has 8 heteroatoms. The van der Waals surface area contributed by atoms with Gasteiger partial charge in [-0.2, -0.15) is 0 Å². The number of benzene rings is 1. The number of rotatable bonds is 1. The van der Waals surface area contributed by atoms with Crippen molar-refractivity contribution < 1.29 is 4.74 Å². The van der Waals surface area contributed by atoms with Crippen molar-refractivity contribution in [3.8, 4) is 29.0 Å². The van der Waals surface area contributed by atoms with Gasteiger partial charge in [0.05, 0.1) is 42.3 Å². The van der Waals surface area contributed by atoms with Gasteiger partial charge in [0.1, 0.15) is 29.3 Å². The molecule has 0 bridgehead atoms. The Hall–Kier alpha value is -3.86. The molecule has 4 heterocycles. The third kappa shape index (κ3) is 2.48. The first-order valence-electron chi connectivity index (χ1n) is 8.41. The number of fused-ring (bicyclic) bond motifs is 5. The Morgan fingerprint density at radius 1 is 1.15 bits per heavy atom. The minimum Gasteiger partial charge on any atom is -0.497 e. The van der Waals surface area contributed by atoms with Crippen molar-refractivity contribution in [2.45, 2.75) is 13.3 Å². The number of H-pyrrole nitrogens is 1. The molecule has 0 radical (unpaired) electrons. The monoisotopic (exact) mass is 357 g/mol. The quantitative estimate of drug-likeness (QED) is 0.462. The number of nitrogens with zero attached hydrogens (tertiary/aromatic N) is 6. The van der Waals surface area contributed by atoms with Crippen LogP contribution in [0.4, 0.5) is 0 Å². The fourth-order valence-electron chi connectivity index (χ4n) is 3.22. The molecule has 27 heavy (non-hydrogen) atoms. The van der Waals surface area contributed by atoms with E-state index >= 15 is 0 Å². The largest absolute Gasteiger partial charge is 0.497 e. The average Bonchev–Trinajstić information content (AvgIpc) is 3.39. The SMILES string of the molecule is COc1ccc2c(c1)-n1nncc1Cc1c(C#Cc3cnc(C)[nH]3)ncn1-2. The summed E-state index contributed by atoms with van der Waals surface area (Å²) in [6.07, 6.45) is 5.90. The predicted octanol–water partition coefficient (Wildman–Crippen LogP) is 1.80. The maximum Gasteiger partial charge on any atom is 0.135 e. The lowest BCUT2D eigenvalue weighted by Crippen LogP contribution is -2.03. The zero-order valence-electron chi connectivity index (χ0n) is 14.8. The van der Waals surface area contributed by atoms with E-state index in [9.17, 15) is 0 Å². The van der Waals surface area contributed by atoms with Gasteiger partial charge in [-0.05, 0) is 30.9 Å². The molecule has 0 spiro atoms. The summed E-state index contributed by atoms with van der Waals surface area (Å²) in [6.45, 7) is 1.90. The fourth-order valence-corrected chi connectivity index (χ4v) is 3.22. The molecule has 0 amide bonds. The lowest BCUT2D eigenvalue weighted by atomic mass is 10.2. The van der Waals surface area contributed by atoms with Crippen LogP contribution in [-0.4, -0.2) is 41.6 Å². The van der Waals surface area contributed by atoms with Crippen molar-refractivity contribution in [3.63, 3.8) is 0 Å². The second-order valence-corrected chi connectivity index (χ2v) is 6.21. The molecule has 0 atom stereocenters. The summed E-state index contributed by atoms with van der Waals surface area (Å²) >= 11 is 0. The lowest BCUT2D eigenvalue weighted by molar-refractivity contribution is 0.414. The highest BCUT2D eigenvalue weighted by molar-refractivity contribution is 5.59. The van der Waals surface area contributed by atoms with Crippen LogP contribution in [0.15, 0.2) is 36.9 Å². The number of aryl methyl sites for hydroxylation is 1. The van der Waals surface area contributed by atoms with Crippen LogP contribution in [0.1, 0.15) is 28.6 Å². The minimum atomic E-state index is 0.621. The number of aromatic amines is 1. The summed E-state index contributed by atoms with van der Waals surface area (Å²) in [4.78, 5) is 11.8. The molecule has 0 saturated carbocycles. The van der Waals surface area contributed by atoms with Gasteiger partial charge in [0.25, 0.3) is 0 Å². The Balaban J connectivity index is 1.68. The molecule has 8 nitrogen and oxygen atoms in total. The summed E-state index contributed by atoms with van der Waals surface area (Å²) in [5.74, 6) is 7.85. The number of hydrogen-bond acceptors (Lipinski definition) is 5. The Bertz CT molecular complexity index is 1220. The van der Waals surface area contributed by atoms with E-state index in [2.05, 4.69) is 37.1 Å². The Morgan fingerprint density at radius 2 is 2.07 bits per heavy atom. The number of aromatic nitrogens is 7. The van der Waals surface area contributed by atoms with Gasteiger partial charge in [-0.1, -0.05) is 5.21 Å². The highest BCUT2D eigenvalue weighted by atomic mass is 16.5. The normalized spacial score (nSPS) is 11.6. The fraction of sp³-hybridized carbons (Fsp3) is 0.158. The van der Waals surface area contributed by atoms with Crippen LogP contribution in [-0.2, 0) is 6.42 Å². The van der Waals surface area contributed by atoms with Crippen molar-refractivity contribution in [1.82, 2.24) is 34.5 Å².